The molecule has 2 aromatic heterocycles. The van der Waals surface area contributed by atoms with Crippen LogP contribution < -0.4 is 5.73 Å². The maximum atomic E-state index is 10.7. The summed E-state index contributed by atoms with van der Waals surface area (Å²) in [5.41, 5.74) is 7.04. The quantitative estimate of drug-likeness (QED) is 0.368. The second-order valence-electron chi connectivity index (χ2n) is 5.09. The molecule has 0 aliphatic carbocycles. The molecule has 3 rings (SSSR count). The number of H-pyrrole nitrogens is 1. The number of hydrogen-bond acceptors (Lipinski definition) is 8. The minimum Gasteiger partial charge on any atom is -0.387 e. The fraction of sp³-hybridized carbons (Fsp3) is 0.455. The number of aliphatic hydroxyl groups excluding tert-OH is 2. The smallest absolute Gasteiger partial charge is 0.387 e. The van der Waals surface area contributed by atoms with Gasteiger partial charge in [-0.25, -0.2) is 14.5 Å². The van der Waals surface area contributed by atoms with Crippen LogP contribution in [0.4, 0.5) is 5.82 Å². The molecule has 1 fully saturated rings. The van der Waals surface area contributed by atoms with Crippen molar-refractivity contribution in [3.8, 4) is 0 Å². The molecule has 1 aliphatic heterocycles. The van der Waals surface area contributed by atoms with E-state index in [0.29, 0.717) is 16.6 Å². The number of nitrogens with one attached hydrogen (secondary N) is 1. The summed E-state index contributed by atoms with van der Waals surface area (Å²) in [5.74, 6) is 0.218. The number of phosphoric ester groups is 1. The third-order valence-electron chi connectivity index (χ3n) is 3.60. The third kappa shape index (κ3) is 3.08. The number of anilines is 1. The van der Waals surface area contributed by atoms with Gasteiger partial charge in [-0.3, -0.25) is 4.52 Å². The maximum absolute atomic E-state index is 10.7. The molecule has 12 heteroatoms. The predicted molar refractivity (Wildman–Crippen MR) is 75.9 cm³/mol. The molecule has 0 unspecified atom stereocenters. The van der Waals surface area contributed by atoms with Crippen molar-refractivity contribution in [2.24, 2.45) is 0 Å². The van der Waals surface area contributed by atoms with Gasteiger partial charge in [0.15, 0.2) is 5.82 Å². The van der Waals surface area contributed by atoms with Gasteiger partial charge in [-0.05, 0) is 0 Å². The first-order chi connectivity index (χ1) is 10.8. The zero-order valence-corrected chi connectivity index (χ0v) is 12.5. The molecule has 1 aliphatic rings. The van der Waals surface area contributed by atoms with Crippen molar-refractivity contribution in [3.63, 3.8) is 0 Å². The van der Waals surface area contributed by atoms with Gasteiger partial charge in [0, 0.05) is 11.8 Å². The summed E-state index contributed by atoms with van der Waals surface area (Å²) in [6.07, 6.45) is -2.00. The third-order valence-corrected chi connectivity index (χ3v) is 4.08. The van der Waals surface area contributed by atoms with Crippen molar-refractivity contribution in [1.29, 1.82) is 0 Å². The highest BCUT2D eigenvalue weighted by molar-refractivity contribution is 7.46. The number of rotatable bonds is 4. The molecule has 2 aromatic rings. The number of nitrogens with zero attached hydrogens (tertiary/aromatic N) is 2. The Morgan fingerprint density at radius 2 is 2.09 bits per heavy atom. The number of aromatic amines is 1. The van der Waals surface area contributed by atoms with Crippen molar-refractivity contribution < 1.29 is 33.8 Å². The van der Waals surface area contributed by atoms with Crippen LogP contribution in [0, 0.1) is 0 Å². The van der Waals surface area contributed by atoms with Gasteiger partial charge in [-0.1, -0.05) is 0 Å². The Balaban J connectivity index is 1.85. The van der Waals surface area contributed by atoms with E-state index < -0.39 is 38.8 Å². The lowest BCUT2D eigenvalue weighted by atomic mass is 10.0. The van der Waals surface area contributed by atoms with Crippen LogP contribution in [0.5, 0.6) is 0 Å². The molecule has 11 nitrogen and oxygen atoms in total. The zero-order chi connectivity index (χ0) is 16.8. The van der Waals surface area contributed by atoms with Crippen LogP contribution >= 0.6 is 7.82 Å². The van der Waals surface area contributed by atoms with Gasteiger partial charge in [0.25, 0.3) is 0 Å². The number of nitrogen functional groups attached to an aromatic ring is 1. The SMILES string of the molecule is Nc1ncnc2c([C@@H]3O[C@H](COP(=O)(O)O)[C@@H](O)[C@H]3O)c[nH]c12. The lowest BCUT2D eigenvalue weighted by Gasteiger charge is -2.14. The summed E-state index contributed by atoms with van der Waals surface area (Å²) in [7, 11) is -4.71. The standard InChI is InChI=1S/C11H15N4O7P/c12-11-7-6(14-3-15-11)4(1-13-7)10-9(17)8(16)5(22-10)2-21-23(18,19)20/h1,3,5,8-10,13,16-17H,2H2,(H2,12,14,15)(H2,18,19,20)/t5-,8-,9-,10+/m1/s1. The molecule has 0 radical (unpaired) electrons. The summed E-state index contributed by atoms with van der Waals surface area (Å²) < 4.78 is 20.5. The average Bonchev–Trinajstić information content (AvgIpc) is 3.01. The molecule has 3 heterocycles. The summed E-state index contributed by atoms with van der Waals surface area (Å²) in [4.78, 5) is 28.2. The number of nitrogens with two attached hydrogens (primary N) is 1. The van der Waals surface area contributed by atoms with Crippen molar-refractivity contribution in [2.45, 2.75) is 24.4 Å². The van der Waals surface area contributed by atoms with E-state index in [2.05, 4.69) is 19.5 Å². The van der Waals surface area contributed by atoms with E-state index in [1.165, 1.54) is 12.5 Å². The molecule has 0 aromatic carbocycles. The van der Waals surface area contributed by atoms with Crippen LogP contribution in [-0.4, -0.2) is 59.9 Å². The van der Waals surface area contributed by atoms with Gasteiger partial charge >= 0.3 is 7.82 Å². The van der Waals surface area contributed by atoms with E-state index in [9.17, 15) is 14.8 Å². The van der Waals surface area contributed by atoms with Gasteiger partial charge in [0.2, 0.25) is 0 Å². The first-order valence-electron chi connectivity index (χ1n) is 6.57. The molecule has 0 spiro atoms. The van der Waals surface area contributed by atoms with Crippen molar-refractivity contribution in [2.75, 3.05) is 12.3 Å². The van der Waals surface area contributed by atoms with Gasteiger partial charge in [0.05, 0.1) is 12.1 Å². The molecule has 4 atom stereocenters. The average molecular weight is 346 g/mol. The largest absolute Gasteiger partial charge is 0.469 e. The lowest BCUT2D eigenvalue weighted by Crippen LogP contribution is -2.33. The van der Waals surface area contributed by atoms with E-state index in [0.717, 1.165) is 0 Å². The van der Waals surface area contributed by atoms with Crippen LogP contribution in [0.1, 0.15) is 11.7 Å². The number of aliphatic hydroxyl groups is 2. The topological polar surface area (TPSA) is 184 Å². The molecule has 7 N–H and O–H groups in total. The number of phosphoric acid groups is 1. The summed E-state index contributed by atoms with van der Waals surface area (Å²) in [5, 5.41) is 20.1. The number of aromatic nitrogens is 3. The molecular formula is C11H15N4O7P. The zero-order valence-electron chi connectivity index (χ0n) is 11.6. The monoisotopic (exact) mass is 346 g/mol. The minimum absolute atomic E-state index is 0.218. The van der Waals surface area contributed by atoms with E-state index in [1.807, 2.05) is 0 Å². The second kappa shape index (κ2) is 5.80. The van der Waals surface area contributed by atoms with Gasteiger partial charge < -0.3 is 35.5 Å². The first-order valence-corrected chi connectivity index (χ1v) is 8.10. The van der Waals surface area contributed by atoms with Crippen LogP contribution in [-0.2, 0) is 13.8 Å². The molecule has 1 saturated heterocycles. The Morgan fingerprint density at radius 1 is 1.35 bits per heavy atom. The Labute approximate surface area is 129 Å². The fourth-order valence-corrected chi connectivity index (χ4v) is 2.85. The number of ether oxygens (including phenoxy) is 1. The van der Waals surface area contributed by atoms with Gasteiger partial charge in [-0.15, -0.1) is 0 Å². The van der Waals surface area contributed by atoms with E-state index in [-0.39, 0.29) is 5.82 Å². The van der Waals surface area contributed by atoms with Crippen LogP contribution in [0.2, 0.25) is 0 Å². The van der Waals surface area contributed by atoms with E-state index in [1.54, 1.807) is 0 Å². The van der Waals surface area contributed by atoms with Gasteiger partial charge in [0.1, 0.15) is 36.3 Å². The summed E-state index contributed by atoms with van der Waals surface area (Å²) >= 11 is 0. The molecule has 0 amide bonds. The predicted octanol–water partition coefficient (Wildman–Crippen LogP) is -1.19. The van der Waals surface area contributed by atoms with Crippen LogP contribution in [0.15, 0.2) is 12.5 Å². The first kappa shape index (κ1) is 16.3. The highest BCUT2D eigenvalue weighted by Gasteiger charge is 2.45. The Hall–Kier alpha value is -1.59. The molecule has 23 heavy (non-hydrogen) atoms. The molecule has 0 bridgehead atoms. The Morgan fingerprint density at radius 3 is 2.78 bits per heavy atom. The molecule has 0 saturated carbocycles. The molecular weight excluding hydrogens is 331 g/mol. The van der Waals surface area contributed by atoms with E-state index >= 15 is 0 Å². The fourth-order valence-electron chi connectivity index (χ4n) is 2.51. The van der Waals surface area contributed by atoms with E-state index in [4.69, 9.17) is 20.3 Å². The van der Waals surface area contributed by atoms with Crippen LogP contribution in [0.25, 0.3) is 11.0 Å². The van der Waals surface area contributed by atoms with Gasteiger partial charge in [-0.2, -0.15) is 0 Å². The minimum atomic E-state index is -4.71. The van der Waals surface area contributed by atoms with Crippen molar-refractivity contribution >= 4 is 24.7 Å². The normalized spacial score (nSPS) is 28.5. The van der Waals surface area contributed by atoms with Crippen LogP contribution in [0.3, 0.4) is 0 Å². The second-order valence-corrected chi connectivity index (χ2v) is 6.33. The highest BCUT2D eigenvalue weighted by Crippen LogP contribution is 2.40. The summed E-state index contributed by atoms with van der Waals surface area (Å²) in [6, 6.07) is 0. The summed E-state index contributed by atoms with van der Waals surface area (Å²) in [6.45, 7) is -0.571. The van der Waals surface area contributed by atoms with Crippen molar-refractivity contribution in [1.82, 2.24) is 15.0 Å². The van der Waals surface area contributed by atoms with Crippen molar-refractivity contribution in [3.05, 3.63) is 18.1 Å². The molecule has 126 valence electrons. The maximum Gasteiger partial charge on any atom is 0.469 e. The lowest BCUT2D eigenvalue weighted by molar-refractivity contribution is -0.0220. The Kier molecular flexibility index (Phi) is 4.10. The number of fused-ring (bicyclic) bond motifs is 1. The Bertz CT molecular complexity index is 762. The highest BCUT2D eigenvalue weighted by atomic mass is 31.2. The number of hydrogen-bond donors (Lipinski definition) is 6.